The largest absolute Gasteiger partial charge is 0.481 e. The third kappa shape index (κ3) is 1.70. The molecule has 0 unspecified atom stereocenters. The molecular weight excluding hydrogens is 130 g/mol. The summed E-state index contributed by atoms with van der Waals surface area (Å²) >= 11 is 0. The molecule has 0 radical (unpaired) electrons. The lowest BCUT2D eigenvalue weighted by atomic mass is 9.80. The Morgan fingerprint density at radius 3 is 2.60 bits per heavy atom. The van der Waals surface area contributed by atoms with Gasteiger partial charge < -0.3 is 10.4 Å². The minimum Gasteiger partial charge on any atom is -0.481 e. The number of hydrogen-bond donors (Lipinski definition) is 2. The normalized spacial score (nSPS) is 21.7. The number of carbonyl (C=O) groups is 1. The molecule has 58 valence electrons. The molecule has 0 aromatic rings. The highest BCUT2D eigenvalue weighted by Gasteiger charge is 2.31. The molecule has 1 rings (SSSR count). The molecular formula is C7H13NO2. The Morgan fingerprint density at radius 2 is 2.30 bits per heavy atom. The number of carboxylic acid groups (broad SMARTS) is 1. The van der Waals surface area contributed by atoms with Gasteiger partial charge >= 0.3 is 5.97 Å². The first-order valence-electron chi connectivity index (χ1n) is 3.55. The van der Waals surface area contributed by atoms with E-state index in [4.69, 9.17) is 5.11 Å². The van der Waals surface area contributed by atoms with Crippen LogP contribution in [0.1, 0.15) is 19.8 Å². The fourth-order valence-corrected chi connectivity index (χ4v) is 1.14. The first-order chi connectivity index (χ1) is 4.62. The summed E-state index contributed by atoms with van der Waals surface area (Å²) in [5.74, 6) is -0.687. The first-order valence-corrected chi connectivity index (χ1v) is 3.55. The first kappa shape index (κ1) is 7.54. The molecule has 1 aliphatic heterocycles. The van der Waals surface area contributed by atoms with Gasteiger partial charge in [-0.1, -0.05) is 6.92 Å². The molecule has 3 heteroatoms. The average Bonchev–Trinajstić information content (AvgIpc) is 1.79. The summed E-state index contributed by atoms with van der Waals surface area (Å²) in [6.07, 6.45) is 1.10. The van der Waals surface area contributed by atoms with Crippen molar-refractivity contribution in [3.63, 3.8) is 0 Å². The van der Waals surface area contributed by atoms with Gasteiger partial charge in [-0.2, -0.15) is 0 Å². The van der Waals surface area contributed by atoms with Crippen LogP contribution in [0.2, 0.25) is 0 Å². The highest BCUT2D eigenvalue weighted by molar-refractivity contribution is 5.66. The quantitative estimate of drug-likeness (QED) is 0.603. The molecule has 1 heterocycles. The van der Waals surface area contributed by atoms with Gasteiger partial charge in [-0.25, -0.2) is 0 Å². The van der Waals surface area contributed by atoms with Gasteiger partial charge in [-0.15, -0.1) is 0 Å². The summed E-state index contributed by atoms with van der Waals surface area (Å²) < 4.78 is 0. The van der Waals surface area contributed by atoms with E-state index in [0.29, 0.717) is 6.42 Å². The summed E-state index contributed by atoms with van der Waals surface area (Å²) in [5, 5.41) is 11.5. The second kappa shape index (κ2) is 2.58. The standard InChI is InChI=1S/C7H13NO2/c1-7(4-8-5-7)3-2-6(9)10/h8H,2-5H2,1H3,(H,9,10). The Kier molecular flexibility index (Phi) is 1.94. The molecule has 0 aromatic heterocycles. The summed E-state index contributed by atoms with van der Waals surface area (Å²) in [6.45, 7) is 4.06. The molecule has 0 atom stereocenters. The van der Waals surface area contributed by atoms with Crippen molar-refractivity contribution in [2.45, 2.75) is 19.8 Å². The van der Waals surface area contributed by atoms with Crippen molar-refractivity contribution in [2.75, 3.05) is 13.1 Å². The maximum absolute atomic E-state index is 10.2. The van der Waals surface area contributed by atoms with E-state index in [1.54, 1.807) is 0 Å². The number of nitrogens with one attached hydrogen (secondary N) is 1. The van der Waals surface area contributed by atoms with Crippen molar-refractivity contribution < 1.29 is 9.90 Å². The van der Waals surface area contributed by atoms with E-state index in [2.05, 4.69) is 12.2 Å². The van der Waals surface area contributed by atoms with Crippen LogP contribution < -0.4 is 5.32 Å². The van der Waals surface area contributed by atoms with Crippen molar-refractivity contribution in [1.29, 1.82) is 0 Å². The van der Waals surface area contributed by atoms with Crippen molar-refractivity contribution in [1.82, 2.24) is 5.32 Å². The zero-order valence-corrected chi connectivity index (χ0v) is 6.18. The fourth-order valence-electron chi connectivity index (χ4n) is 1.14. The summed E-state index contributed by atoms with van der Waals surface area (Å²) in [7, 11) is 0. The van der Waals surface area contributed by atoms with E-state index in [1.165, 1.54) is 0 Å². The number of carboxylic acids is 1. The molecule has 0 amide bonds. The summed E-state index contributed by atoms with van der Waals surface area (Å²) in [6, 6.07) is 0. The van der Waals surface area contributed by atoms with E-state index < -0.39 is 5.97 Å². The molecule has 2 N–H and O–H groups in total. The van der Waals surface area contributed by atoms with Crippen molar-refractivity contribution >= 4 is 5.97 Å². The maximum atomic E-state index is 10.2. The van der Waals surface area contributed by atoms with E-state index in [1.807, 2.05) is 0 Å². The van der Waals surface area contributed by atoms with Crippen molar-refractivity contribution in [2.24, 2.45) is 5.41 Å². The highest BCUT2D eigenvalue weighted by atomic mass is 16.4. The second-order valence-electron chi connectivity index (χ2n) is 3.31. The SMILES string of the molecule is CC1(CCC(=O)O)CNC1. The van der Waals surface area contributed by atoms with Gasteiger partial charge in [-0.3, -0.25) is 4.79 Å². The summed E-state index contributed by atoms with van der Waals surface area (Å²) in [4.78, 5) is 10.2. The van der Waals surface area contributed by atoms with E-state index in [9.17, 15) is 4.79 Å². The minimum absolute atomic E-state index is 0.262. The Morgan fingerprint density at radius 1 is 1.70 bits per heavy atom. The highest BCUT2D eigenvalue weighted by Crippen LogP contribution is 2.26. The van der Waals surface area contributed by atoms with E-state index >= 15 is 0 Å². The van der Waals surface area contributed by atoms with Crippen LogP contribution in [-0.2, 0) is 4.79 Å². The zero-order valence-electron chi connectivity index (χ0n) is 6.18. The molecule has 3 nitrogen and oxygen atoms in total. The van der Waals surface area contributed by atoms with Crippen LogP contribution in [0.5, 0.6) is 0 Å². The predicted octanol–water partition coefficient (Wildman–Crippen LogP) is 0.461. The molecule has 0 bridgehead atoms. The number of rotatable bonds is 3. The number of hydrogen-bond acceptors (Lipinski definition) is 2. The van der Waals surface area contributed by atoms with Gasteiger partial charge in [-0.05, 0) is 11.8 Å². The maximum Gasteiger partial charge on any atom is 0.303 e. The molecule has 1 saturated heterocycles. The van der Waals surface area contributed by atoms with Gasteiger partial charge in [0, 0.05) is 19.5 Å². The molecule has 10 heavy (non-hydrogen) atoms. The molecule has 0 aliphatic carbocycles. The van der Waals surface area contributed by atoms with Gasteiger partial charge in [0.25, 0.3) is 0 Å². The zero-order chi connectivity index (χ0) is 7.61. The average molecular weight is 143 g/mol. The lowest BCUT2D eigenvalue weighted by Gasteiger charge is -2.39. The minimum atomic E-state index is -0.687. The fraction of sp³-hybridized carbons (Fsp3) is 0.857. The van der Waals surface area contributed by atoms with Crippen LogP contribution in [0.3, 0.4) is 0 Å². The third-order valence-corrected chi connectivity index (χ3v) is 2.05. The van der Waals surface area contributed by atoms with Crippen LogP contribution in [0.15, 0.2) is 0 Å². The lowest BCUT2D eigenvalue weighted by molar-refractivity contribution is -0.137. The number of aliphatic carboxylic acids is 1. The Hall–Kier alpha value is -0.570. The molecule has 0 aromatic carbocycles. The molecule has 1 fully saturated rings. The third-order valence-electron chi connectivity index (χ3n) is 2.05. The molecule has 0 spiro atoms. The van der Waals surface area contributed by atoms with Gasteiger partial charge in [0.2, 0.25) is 0 Å². The molecule has 0 saturated carbocycles. The monoisotopic (exact) mass is 143 g/mol. The van der Waals surface area contributed by atoms with Crippen LogP contribution in [0.4, 0.5) is 0 Å². The topological polar surface area (TPSA) is 49.3 Å². The van der Waals surface area contributed by atoms with Crippen LogP contribution in [-0.4, -0.2) is 24.2 Å². The Bertz CT molecular complexity index is 141. The predicted molar refractivity (Wildman–Crippen MR) is 37.8 cm³/mol. The Labute approximate surface area is 60.4 Å². The van der Waals surface area contributed by atoms with E-state index in [0.717, 1.165) is 19.5 Å². The molecule has 1 aliphatic rings. The van der Waals surface area contributed by atoms with Crippen LogP contribution in [0.25, 0.3) is 0 Å². The van der Waals surface area contributed by atoms with Crippen LogP contribution in [0, 0.1) is 5.41 Å². The lowest BCUT2D eigenvalue weighted by Crippen LogP contribution is -2.51. The van der Waals surface area contributed by atoms with Gasteiger partial charge in [0.05, 0.1) is 0 Å². The van der Waals surface area contributed by atoms with Crippen molar-refractivity contribution in [3.05, 3.63) is 0 Å². The van der Waals surface area contributed by atoms with Crippen molar-refractivity contribution in [3.8, 4) is 0 Å². The van der Waals surface area contributed by atoms with Crippen LogP contribution >= 0.6 is 0 Å². The second-order valence-corrected chi connectivity index (χ2v) is 3.31. The smallest absolute Gasteiger partial charge is 0.303 e. The summed E-state index contributed by atoms with van der Waals surface area (Å²) in [5.41, 5.74) is 0.262. The van der Waals surface area contributed by atoms with Gasteiger partial charge in [0.1, 0.15) is 0 Å². The van der Waals surface area contributed by atoms with Gasteiger partial charge in [0.15, 0.2) is 0 Å². The Balaban J connectivity index is 2.18. The van der Waals surface area contributed by atoms with E-state index in [-0.39, 0.29) is 5.41 Å².